The Kier molecular flexibility index (Phi) is 5.70. The number of halogens is 4. The molecule has 5 aromatic rings. The van der Waals surface area contributed by atoms with Crippen LogP contribution in [0.4, 0.5) is 18.9 Å². The molecule has 2 aromatic carbocycles. The van der Waals surface area contributed by atoms with Crippen molar-refractivity contribution >= 4 is 28.8 Å². The van der Waals surface area contributed by atoms with Gasteiger partial charge in [0.1, 0.15) is 0 Å². The van der Waals surface area contributed by atoms with E-state index in [4.69, 9.17) is 11.6 Å². The number of benzene rings is 2. The number of nitrogens with one attached hydrogen (secondary N) is 1. The summed E-state index contributed by atoms with van der Waals surface area (Å²) in [6.07, 6.45) is 0.407. The van der Waals surface area contributed by atoms with Crippen LogP contribution in [0.15, 0.2) is 85.3 Å². The van der Waals surface area contributed by atoms with Crippen molar-refractivity contribution in [2.24, 2.45) is 0 Å². The van der Waals surface area contributed by atoms with Crippen LogP contribution in [0.25, 0.3) is 28.2 Å². The summed E-state index contributed by atoms with van der Waals surface area (Å²) in [7, 11) is 0. The summed E-state index contributed by atoms with van der Waals surface area (Å²) in [5.74, 6) is -0.677. The normalized spacial score (nSPS) is 11.5. The lowest BCUT2D eigenvalue weighted by Gasteiger charge is -2.12. The molecule has 0 radical (unpaired) electrons. The molecule has 0 fully saturated rings. The van der Waals surface area contributed by atoms with Crippen LogP contribution in [0.2, 0.25) is 5.02 Å². The van der Waals surface area contributed by atoms with Gasteiger partial charge < -0.3 is 5.32 Å². The molecule has 0 aliphatic rings. The highest BCUT2D eigenvalue weighted by Crippen LogP contribution is 2.33. The Morgan fingerprint density at radius 1 is 0.943 bits per heavy atom. The molecule has 0 aliphatic carbocycles. The molecule has 0 saturated heterocycles. The summed E-state index contributed by atoms with van der Waals surface area (Å²) in [5, 5.41) is 7.68. The molecule has 0 unspecified atom stereocenters. The molecular formula is C25H15ClF3N5O. The molecule has 0 saturated carbocycles. The van der Waals surface area contributed by atoms with Gasteiger partial charge in [0.25, 0.3) is 5.91 Å². The molecule has 0 spiro atoms. The molecule has 1 amide bonds. The van der Waals surface area contributed by atoms with Gasteiger partial charge in [-0.15, -0.1) is 0 Å². The van der Waals surface area contributed by atoms with E-state index in [1.54, 1.807) is 47.4 Å². The third-order valence-corrected chi connectivity index (χ3v) is 5.62. The number of rotatable bonds is 4. The molecular weight excluding hydrogens is 479 g/mol. The zero-order chi connectivity index (χ0) is 24.6. The van der Waals surface area contributed by atoms with Crippen molar-refractivity contribution in [3.05, 3.63) is 101 Å². The van der Waals surface area contributed by atoms with Gasteiger partial charge in [0.15, 0.2) is 5.65 Å². The molecule has 0 aliphatic heterocycles. The van der Waals surface area contributed by atoms with E-state index in [9.17, 15) is 18.0 Å². The average Bonchev–Trinajstić information content (AvgIpc) is 3.30. The van der Waals surface area contributed by atoms with Crippen molar-refractivity contribution in [3.63, 3.8) is 0 Å². The minimum absolute atomic E-state index is 0.114. The number of carbonyl (C=O) groups is 1. The number of aromatic nitrogens is 4. The molecule has 3 aromatic heterocycles. The predicted molar refractivity (Wildman–Crippen MR) is 126 cm³/mol. The standard InChI is InChI=1S/C25H15ClF3N5O/c26-20-5-4-18(32-24(35)16-2-1-3-17(12-16)25(27,28)29)13-19(20)22-8-11-31-23-14-21(33-34(22)23)15-6-9-30-10-7-15/h1-14H,(H,32,35). The lowest BCUT2D eigenvalue weighted by molar-refractivity contribution is -0.137. The Labute approximate surface area is 202 Å². The van der Waals surface area contributed by atoms with Crippen molar-refractivity contribution in [1.82, 2.24) is 19.6 Å². The van der Waals surface area contributed by atoms with E-state index in [0.717, 1.165) is 17.7 Å². The van der Waals surface area contributed by atoms with E-state index in [0.29, 0.717) is 33.3 Å². The third-order valence-electron chi connectivity index (χ3n) is 5.29. The van der Waals surface area contributed by atoms with Crippen LogP contribution in [-0.4, -0.2) is 25.5 Å². The van der Waals surface area contributed by atoms with Crippen LogP contribution >= 0.6 is 11.6 Å². The third kappa shape index (κ3) is 4.58. The highest BCUT2D eigenvalue weighted by molar-refractivity contribution is 6.33. The molecule has 1 N–H and O–H groups in total. The fraction of sp³-hybridized carbons (Fsp3) is 0.0400. The topological polar surface area (TPSA) is 72.2 Å². The maximum Gasteiger partial charge on any atom is 0.416 e. The van der Waals surface area contributed by atoms with E-state index in [-0.39, 0.29) is 5.56 Å². The van der Waals surface area contributed by atoms with Gasteiger partial charge in [-0.3, -0.25) is 9.78 Å². The minimum Gasteiger partial charge on any atom is -0.322 e. The Morgan fingerprint density at radius 3 is 2.51 bits per heavy atom. The van der Waals surface area contributed by atoms with Crippen LogP contribution in [0.5, 0.6) is 0 Å². The Hall–Kier alpha value is -4.24. The SMILES string of the molecule is O=C(Nc1ccc(Cl)c(-c2ccnc3cc(-c4ccncc4)nn23)c1)c1cccc(C(F)(F)F)c1. The quantitative estimate of drug-likeness (QED) is 0.315. The zero-order valence-corrected chi connectivity index (χ0v) is 18.5. The molecule has 174 valence electrons. The van der Waals surface area contributed by atoms with Crippen molar-refractivity contribution in [1.29, 1.82) is 0 Å². The monoisotopic (exact) mass is 493 g/mol. The van der Waals surface area contributed by atoms with Crippen molar-refractivity contribution < 1.29 is 18.0 Å². The van der Waals surface area contributed by atoms with E-state index in [1.165, 1.54) is 12.1 Å². The molecule has 10 heteroatoms. The number of fused-ring (bicyclic) bond motifs is 1. The smallest absolute Gasteiger partial charge is 0.322 e. The molecule has 0 atom stereocenters. The first-order valence-corrected chi connectivity index (χ1v) is 10.7. The molecule has 3 heterocycles. The van der Waals surface area contributed by atoms with Gasteiger partial charge in [-0.1, -0.05) is 17.7 Å². The second-order valence-corrected chi connectivity index (χ2v) is 8.00. The van der Waals surface area contributed by atoms with E-state index in [1.807, 2.05) is 18.2 Å². The highest BCUT2D eigenvalue weighted by Gasteiger charge is 2.31. The van der Waals surface area contributed by atoms with Crippen molar-refractivity contribution in [2.45, 2.75) is 6.18 Å². The molecule has 0 bridgehead atoms. The first-order chi connectivity index (χ1) is 16.8. The van der Waals surface area contributed by atoms with Crippen LogP contribution in [0.3, 0.4) is 0 Å². The fourth-order valence-electron chi connectivity index (χ4n) is 3.60. The van der Waals surface area contributed by atoms with E-state index < -0.39 is 17.6 Å². The van der Waals surface area contributed by atoms with Crippen molar-refractivity contribution in [3.8, 4) is 22.5 Å². The fourth-order valence-corrected chi connectivity index (χ4v) is 3.82. The summed E-state index contributed by atoms with van der Waals surface area (Å²) in [6, 6.07) is 16.3. The number of alkyl halides is 3. The molecule has 35 heavy (non-hydrogen) atoms. The van der Waals surface area contributed by atoms with Crippen LogP contribution in [0, 0.1) is 0 Å². The summed E-state index contributed by atoms with van der Waals surface area (Å²) in [6.45, 7) is 0. The summed E-state index contributed by atoms with van der Waals surface area (Å²) in [5.41, 5.74) is 2.67. The van der Waals surface area contributed by atoms with E-state index in [2.05, 4.69) is 20.4 Å². The van der Waals surface area contributed by atoms with Gasteiger partial charge in [-0.2, -0.15) is 18.3 Å². The number of pyridine rings is 1. The minimum atomic E-state index is -4.55. The van der Waals surface area contributed by atoms with Crippen LogP contribution in [0.1, 0.15) is 15.9 Å². The largest absolute Gasteiger partial charge is 0.416 e. The lowest BCUT2D eigenvalue weighted by Crippen LogP contribution is -2.14. The lowest BCUT2D eigenvalue weighted by atomic mass is 10.1. The second kappa shape index (κ2) is 8.84. The van der Waals surface area contributed by atoms with Crippen LogP contribution < -0.4 is 5.32 Å². The summed E-state index contributed by atoms with van der Waals surface area (Å²) < 4.78 is 40.7. The van der Waals surface area contributed by atoms with Crippen molar-refractivity contribution in [2.75, 3.05) is 5.32 Å². The number of anilines is 1. The van der Waals surface area contributed by atoms with E-state index >= 15 is 0 Å². The number of nitrogens with zero attached hydrogens (tertiary/aromatic N) is 4. The summed E-state index contributed by atoms with van der Waals surface area (Å²) in [4.78, 5) is 21.0. The first kappa shape index (κ1) is 22.5. The Morgan fingerprint density at radius 2 is 1.74 bits per heavy atom. The maximum atomic E-state index is 13.0. The van der Waals surface area contributed by atoms with Gasteiger partial charge >= 0.3 is 6.18 Å². The van der Waals surface area contributed by atoms with Gasteiger partial charge in [-0.25, -0.2) is 9.50 Å². The number of amides is 1. The number of hydrogen-bond acceptors (Lipinski definition) is 4. The summed E-state index contributed by atoms with van der Waals surface area (Å²) >= 11 is 6.47. The number of carbonyl (C=O) groups excluding carboxylic acids is 1. The predicted octanol–water partition coefficient (Wildman–Crippen LogP) is 6.38. The average molecular weight is 494 g/mol. The van der Waals surface area contributed by atoms with Gasteiger partial charge in [0.05, 0.1) is 22.0 Å². The molecule has 5 rings (SSSR count). The van der Waals surface area contributed by atoms with Crippen LogP contribution in [-0.2, 0) is 6.18 Å². The number of hydrogen-bond donors (Lipinski definition) is 1. The highest BCUT2D eigenvalue weighted by atomic mass is 35.5. The molecule has 6 nitrogen and oxygen atoms in total. The van der Waals surface area contributed by atoms with Gasteiger partial charge in [-0.05, 0) is 54.6 Å². The van der Waals surface area contributed by atoms with Gasteiger partial charge in [0.2, 0.25) is 0 Å². The Balaban J connectivity index is 1.50. The zero-order valence-electron chi connectivity index (χ0n) is 17.8. The second-order valence-electron chi connectivity index (χ2n) is 7.59. The maximum absolute atomic E-state index is 13.0. The Bertz CT molecular complexity index is 1550. The first-order valence-electron chi connectivity index (χ1n) is 10.3. The van der Waals surface area contributed by atoms with Gasteiger partial charge in [0, 0.05) is 47.0 Å².